The van der Waals surface area contributed by atoms with Crippen molar-refractivity contribution in [1.29, 1.82) is 0 Å². The molecule has 0 aromatic rings. The van der Waals surface area contributed by atoms with Crippen LogP contribution in [0, 0.1) is 0 Å². The highest BCUT2D eigenvalue weighted by Crippen LogP contribution is 2.10. The summed E-state index contributed by atoms with van der Waals surface area (Å²) in [4.78, 5) is 0. The highest BCUT2D eigenvalue weighted by atomic mass is 32.2. The van der Waals surface area contributed by atoms with Gasteiger partial charge in [0, 0.05) is 19.1 Å². The summed E-state index contributed by atoms with van der Waals surface area (Å²) in [6.45, 7) is 4.83. The topological polar surface area (TPSA) is 69.6 Å². The molecule has 16 heavy (non-hydrogen) atoms. The summed E-state index contributed by atoms with van der Waals surface area (Å²) >= 11 is 0. The van der Waals surface area contributed by atoms with E-state index in [1.165, 1.54) is 10.4 Å². The lowest BCUT2D eigenvalue weighted by Gasteiger charge is -2.23. The predicted octanol–water partition coefficient (Wildman–Crippen LogP) is -0.451. The second kappa shape index (κ2) is 6.34. The number of sulfonamides is 1. The Hall–Kier alpha value is -0.430. The number of nitrogens with zero attached hydrogens (tertiary/aromatic N) is 1. The zero-order valence-corrected chi connectivity index (χ0v) is 10.2. The Bertz CT molecular complexity index is 310. The molecule has 1 heterocycles. The minimum absolute atomic E-state index is 0.0697. The zero-order valence-electron chi connectivity index (χ0n) is 9.43. The van der Waals surface area contributed by atoms with Crippen molar-refractivity contribution in [1.82, 2.24) is 9.62 Å². The van der Waals surface area contributed by atoms with Gasteiger partial charge in [-0.1, -0.05) is 6.08 Å². The molecule has 2 N–H and O–H groups in total. The SMILES string of the molecule is C=CCS(=O)(=O)N(CCO)CC1CCCN1. The maximum Gasteiger partial charge on any atom is 0.217 e. The Morgan fingerprint density at radius 2 is 2.31 bits per heavy atom. The smallest absolute Gasteiger partial charge is 0.217 e. The summed E-state index contributed by atoms with van der Waals surface area (Å²) in [5.74, 6) is -0.0697. The fourth-order valence-electron chi connectivity index (χ4n) is 1.87. The first-order valence-corrected chi connectivity index (χ1v) is 7.14. The van der Waals surface area contributed by atoms with Crippen LogP contribution in [0.4, 0.5) is 0 Å². The lowest BCUT2D eigenvalue weighted by Crippen LogP contribution is -2.43. The molecular formula is C10H20N2O3S. The molecule has 1 unspecified atom stereocenters. The summed E-state index contributed by atoms with van der Waals surface area (Å²) < 4.78 is 25.0. The molecular weight excluding hydrogens is 228 g/mol. The molecule has 5 nitrogen and oxygen atoms in total. The zero-order chi connectivity index (χ0) is 12.0. The van der Waals surface area contributed by atoms with E-state index in [4.69, 9.17) is 5.11 Å². The summed E-state index contributed by atoms with van der Waals surface area (Å²) in [6, 6.07) is 0.214. The molecule has 0 aromatic carbocycles. The van der Waals surface area contributed by atoms with Crippen LogP contribution in [0.1, 0.15) is 12.8 Å². The Morgan fingerprint density at radius 1 is 1.56 bits per heavy atom. The maximum atomic E-state index is 11.8. The van der Waals surface area contributed by atoms with Crippen molar-refractivity contribution in [3.8, 4) is 0 Å². The van der Waals surface area contributed by atoms with Crippen molar-refractivity contribution < 1.29 is 13.5 Å². The van der Waals surface area contributed by atoms with E-state index in [1.54, 1.807) is 0 Å². The molecule has 0 saturated carbocycles. The Balaban J connectivity index is 2.61. The van der Waals surface area contributed by atoms with Gasteiger partial charge in [0.25, 0.3) is 0 Å². The largest absolute Gasteiger partial charge is 0.395 e. The van der Waals surface area contributed by atoms with Crippen LogP contribution in [-0.4, -0.2) is 55.9 Å². The van der Waals surface area contributed by atoms with Gasteiger partial charge in [-0.2, -0.15) is 4.31 Å². The number of hydrogen-bond acceptors (Lipinski definition) is 4. The minimum atomic E-state index is -3.31. The predicted molar refractivity (Wildman–Crippen MR) is 63.7 cm³/mol. The van der Waals surface area contributed by atoms with Crippen molar-refractivity contribution >= 4 is 10.0 Å². The van der Waals surface area contributed by atoms with Crippen LogP contribution in [0.15, 0.2) is 12.7 Å². The van der Waals surface area contributed by atoms with E-state index in [0.717, 1.165) is 19.4 Å². The van der Waals surface area contributed by atoms with Crippen LogP contribution in [0.25, 0.3) is 0 Å². The highest BCUT2D eigenvalue weighted by Gasteiger charge is 2.25. The van der Waals surface area contributed by atoms with Crippen LogP contribution in [0.2, 0.25) is 0 Å². The van der Waals surface area contributed by atoms with Gasteiger partial charge in [0.15, 0.2) is 0 Å². The second-order valence-electron chi connectivity index (χ2n) is 3.94. The quantitative estimate of drug-likeness (QED) is 0.599. The fraction of sp³-hybridized carbons (Fsp3) is 0.800. The molecule has 0 spiro atoms. The van der Waals surface area contributed by atoms with Gasteiger partial charge in [-0.25, -0.2) is 8.42 Å². The number of aliphatic hydroxyl groups is 1. The van der Waals surface area contributed by atoms with E-state index in [0.29, 0.717) is 6.54 Å². The van der Waals surface area contributed by atoms with E-state index in [-0.39, 0.29) is 24.9 Å². The molecule has 1 aliphatic rings. The van der Waals surface area contributed by atoms with Crippen LogP contribution < -0.4 is 5.32 Å². The Morgan fingerprint density at radius 3 is 2.81 bits per heavy atom. The molecule has 6 heteroatoms. The normalized spacial score (nSPS) is 21.5. The average molecular weight is 248 g/mol. The first kappa shape index (κ1) is 13.6. The monoisotopic (exact) mass is 248 g/mol. The van der Waals surface area contributed by atoms with Gasteiger partial charge in [-0.05, 0) is 19.4 Å². The van der Waals surface area contributed by atoms with Crippen molar-refractivity contribution in [2.45, 2.75) is 18.9 Å². The molecule has 1 saturated heterocycles. The van der Waals surface area contributed by atoms with E-state index < -0.39 is 10.0 Å². The third-order valence-electron chi connectivity index (χ3n) is 2.66. The second-order valence-corrected chi connectivity index (χ2v) is 5.96. The summed E-state index contributed by atoms with van der Waals surface area (Å²) in [7, 11) is -3.31. The van der Waals surface area contributed by atoms with Crippen molar-refractivity contribution in [3.05, 3.63) is 12.7 Å². The van der Waals surface area contributed by atoms with Crippen LogP contribution in [0.5, 0.6) is 0 Å². The van der Waals surface area contributed by atoms with E-state index in [9.17, 15) is 8.42 Å². The van der Waals surface area contributed by atoms with Gasteiger partial charge in [0.2, 0.25) is 10.0 Å². The number of aliphatic hydroxyl groups excluding tert-OH is 1. The maximum absolute atomic E-state index is 11.8. The van der Waals surface area contributed by atoms with Crippen LogP contribution in [0.3, 0.4) is 0 Å². The third kappa shape index (κ3) is 3.86. The van der Waals surface area contributed by atoms with E-state index in [2.05, 4.69) is 11.9 Å². The van der Waals surface area contributed by atoms with Crippen molar-refractivity contribution in [2.75, 3.05) is 32.0 Å². The number of hydrogen-bond donors (Lipinski definition) is 2. The van der Waals surface area contributed by atoms with Gasteiger partial charge in [0.05, 0.1) is 12.4 Å². The number of rotatable bonds is 7. The van der Waals surface area contributed by atoms with Gasteiger partial charge in [-0.3, -0.25) is 0 Å². The molecule has 1 rings (SSSR count). The fourth-order valence-corrected chi connectivity index (χ4v) is 3.14. The molecule has 1 fully saturated rings. The van der Waals surface area contributed by atoms with Gasteiger partial charge >= 0.3 is 0 Å². The summed E-state index contributed by atoms with van der Waals surface area (Å²) in [5, 5.41) is 12.1. The minimum Gasteiger partial charge on any atom is -0.395 e. The first-order valence-electron chi connectivity index (χ1n) is 5.53. The van der Waals surface area contributed by atoms with Crippen molar-refractivity contribution in [2.24, 2.45) is 0 Å². The molecule has 94 valence electrons. The van der Waals surface area contributed by atoms with Crippen molar-refractivity contribution in [3.63, 3.8) is 0 Å². The number of nitrogens with one attached hydrogen (secondary N) is 1. The molecule has 0 bridgehead atoms. The van der Waals surface area contributed by atoms with Gasteiger partial charge < -0.3 is 10.4 Å². The first-order chi connectivity index (χ1) is 7.60. The lowest BCUT2D eigenvalue weighted by atomic mass is 10.2. The third-order valence-corrected chi connectivity index (χ3v) is 4.43. The molecule has 0 amide bonds. The summed E-state index contributed by atoms with van der Waals surface area (Å²) in [6.07, 6.45) is 3.45. The molecule has 1 atom stereocenters. The van der Waals surface area contributed by atoms with Crippen LogP contribution >= 0.6 is 0 Å². The average Bonchev–Trinajstić information content (AvgIpc) is 2.69. The van der Waals surface area contributed by atoms with E-state index in [1.807, 2.05) is 0 Å². The molecule has 1 aliphatic heterocycles. The Kier molecular flexibility index (Phi) is 5.40. The van der Waals surface area contributed by atoms with Gasteiger partial charge in [0.1, 0.15) is 0 Å². The molecule has 0 radical (unpaired) electrons. The van der Waals surface area contributed by atoms with Gasteiger partial charge in [-0.15, -0.1) is 6.58 Å². The lowest BCUT2D eigenvalue weighted by molar-refractivity contribution is 0.246. The Labute approximate surface area is 97.2 Å². The summed E-state index contributed by atoms with van der Waals surface area (Å²) in [5.41, 5.74) is 0. The standard InChI is InChI=1S/C10H20N2O3S/c1-2-8-16(14,15)12(6-7-13)9-10-4-3-5-11-10/h2,10-11,13H,1,3-9H2. The molecule has 0 aliphatic carbocycles. The van der Waals surface area contributed by atoms with Crippen LogP contribution in [-0.2, 0) is 10.0 Å². The van der Waals surface area contributed by atoms with E-state index >= 15 is 0 Å². The molecule has 0 aromatic heterocycles. The highest BCUT2D eigenvalue weighted by molar-refractivity contribution is 7.89.